The normalized spacial score (nSPS) is 24.9. The minimum Gasteiger partial charge on any atom is -0.317 e. The molecule has 2 aliphatic heterocycles. The molecule has 6 nitrogen and oxygen atoms in total. The Bertz CT molecular complexity index is 729. The van der Waals surface area contributed by atoms with Crippen molar-refractivity contribution in [2.75, 3.05) is 26.4 Å². The van der Waals surface area contributed by atoms with Crippen molar-refractivity contribution in [3.63, 3.8) is 0 Å². The molecule has 0 N–H and O–H groups in total. The Morgan fingerprint density at radius 1 is 0.688 bits per heavy atom. The fraction of sp³-hybridized carbons (Fsp3) is 0.889. The summed E-state index contributed by atoms with van der Waals surface area (Å²) in [4.78, 5) is 0. The highest BCUT2D eigenvalue weighted by Crippen LogP contribution is 2.69. The number of nitrogens with zero attached hydrogens (tertiary/aromatic N) is 2. The quantitative estimate of drug-likeness (QED) is 0.120. The van der Waals surface area contributed by atoms with Gasteiger partial charge in [-0.15, -0.1) is 0 Å². The third kappa shape index (κ3) is 7.25. The van der Waals surface area contributed by atoms with Crippen molar-refractivity contribution in [3.8, 4) is 0 Å². The molecule has 0 aliphatic carbocycles. The molecule has 0 amide bonds. The van der Waals surface area contributed by atoms with Crippen LogP contribution >= 0.6 is 59.7 Å². The summed E-state index contributed by atoms with van der Waals surface area (Å²) in [5, 5.41) is 3.37. The molecule has 32 heavy (non-hydrogen) atoms. The zero-order chi connectivity index (χ0) is 24.6. The Labute approximate surface area is 222 Å². The first-order chi connectivity index (χ1) is 14.4. The van der Waals surface area contributed by atoms with Crippen LogP contribution in [0.5, 0.6) is 0 Å². The SMILES string of the molecule is CC1(C)COP(=S)(N(SSN(C(C)(C)C=S)P2(=S)OCC(C)(C)CO2)C(C)(C)C=S)OC1. The van der Waals surface area contributed by atoms with Gasteiger partial charge in [-0.1, -0.05) is 52.1 Å². The molecule has 2 heterocycles. The predicted molar refractivity (Wildman–Crippen MR) is 154 cm³/mol. The van der Waals surface area contributed by atoms with E-state index in [0.29, 0.717) is 26.4 Å². The maximum absolute atomic E-state index is 6.18. The van der Waals surface area contributed by atoms with Gasteiger partial charge < -0.3 is 18.1 Å². The number of rotatable bonds is 9. The summed E-state index contributed by atoms with van der Waals surface area (Å²) in [7, 11) is 2.82. The molecule has 2 fully saturated rings. The van der Waals surface area contributed by atoms with E-state index in [9.17, 15) is 0 Å². The van der Waals surface area contributed by atoms with Crippen molar-refractivity contribution in [2.45, 2.75) is 66.5 Å². The van der Waals surface area contributed by atoms with Gasteiger partial charge in [0.05, 0.1) is 37.5 Å². The molecule has 0 atom stereocenters. The smallest absolute Gasteiger partial charge is 0.275 e. The summed E-state index contributed by atoms with van der Waals surface area (Å²) in [6.07, 6.45) is 0. The largest absolute Gasteiger partial charge is 0.317 e. The highest BCUT2D eigenvalue weighted by atomic mass is 33.1. The van der Waals surface area contributed by atoms with Gasteiger partial charge in [0, 0.05) is 43.5 Å². The molecule has 0 bridgehead atoms. The minimum atomic E-state index is -2.80. The molecule has 2 rings (SSSR count). The van der Waals surface area contributed by atoms with E-state index >= 15 is 0 Å². The molecule has 0 aromatic carbocycles. The van der Waals surface area contributed by atoms with Gasteiger partial charge in [-0.05, 0) is 51.3 Å². The summed E-state index contributed by atoms with van der Waals surface area (Å²) in [6.45, 7) is 12.9. The Kier molecular flexibility index (Phi) is 10.1. The van der Waals surface area contributed by atoms with Gasteiger partial charge in [-0.25, -0.2) is 0 Å². The summed E-state index contributed by atoms with van der Waals surface area (Å²) in [5.74, 6) is 0. The zero-order valence-corrected chi connectivity index (χ0v) is 26.5. The van der Waals surface area contributed by atoms with Crippen molar-refractivity contribution in [3.05, 3.63) is 0 Å². The van der Waals surface area contributed by atoms with Crippen molar-refractivity contribution in [1.29, 1.82) is 0 Å². The molecule has 14 heteroatoms. The second-order valence-electron chi connectivity index (χ2n) is 10.6. The van der Waals surface area contributed by atoms with E-state index in [1.165, 1.54) is 22.0 Å². The van der Waals surface area contributed by atoms with E-state index in [2.05, 4.69) is 27.7 Å². The highest BCUT2D eigenvalue weighted by Gasteiger charge is 2.48. The van der Waals surface area contributed by atoms with E-state index in [1.807, 2.05) is 35.8 Å². The minimum absolute atomic E-state index is 0.0916. The summed E-state index contributed by atoms with van der Waals surface area (Å²) < 4.78 is 28.6. The van der Waals surface area contributed by atoms with Crippen LogP contribution in [0.2, 0.25) is 0 Å². The van der Waals surface area contributed by atoms with Crippen LogP contribution < -0.4 is 0 Å². The topological polar surface area (TPSA) is 43.4 Å². The molecule has 0 aromatic heterocycles. The van der Waals surface area contributed by atoms with Crippen LogP contribution in [0.3, 0.4) is 0 Å². The van der Waals surface area contributed by atoms with E-state index in [0.717, 1.165) is 0 Å². The van der Waals surface area contributed by atoms with Gasteiger partial charge in [-0.3, -0.25) is 0 Å². The highest BCUT2D eigenvalue weighted by molar-refractivity contribution is 8.76. The van der Waals surface area contributed by atoms with Gasteiger partial charge in [0.25, 0.3) is 13.3 Å². The van der Waals surface area contributed by atoms with Crippen LogP contribution in [0, 0.1) is 10.8 Å². The summed E-state index contributed by atoms with van der Waals surface area (Å²) in [6, 6.07) is 0. The van der Waals surface area contributed by atoms with Gasteiger partial charge in [0.1, 0.15) is 0 Å². The molecule has 0 unspecified atom stereocenters. The van der Waals surface area contributed by atoms with Gasteiger partial charge in [-0.2, -0.15) is 8.15 Å². The monoisotopic (exact) mass is 596 g/mol. The zero-order valence-electron chi connectivity index (χ0n) is 19.9. The summed E-state index contributed by atoms with van der Waals surface area (Å²) >= 11 is 22.6. The maximum atomic E-state index is 6.18. The van der Waals surface area contributed by atoms with Crippen LogP contribution in [-0.2, 0) is 41.7 Å². The van der Waals surface area contributed by atoms with E-state index in [4.69, 9.17) is 66.1 Å². The molecular formula is C18H34N2O4P2S6. The predicted octanol–water partition coefficient (Wildman–Crippen LogP) is 6.95. The number of hydrogen-bond acceptors (Lipinski definition) is 10. The second-order valence-corrected chi connectivity index (χ2v) is 20.0. The standard InChI is InChI=1S/C18H34N2O4P2S6/c1-15(2)9-21-25(29,22-10-15)19(17(5,6)13-27)31-32-20(18(7,8)14-28)26(30)23-11-16(3,4)12-24-26/h13-14H,9-12H2,1-8H3. The summed E-state index contributed by atoms with van der Waals surface area (Å²) in [5.41, 5.74) is -1.32. The van der Waals surface area contributed by atoms with E-state index in [-0.39, 0.29) is 10.8 Å². The fourth-order valence-corrected chi connectivity index (χ4v) is 15.7. The first kappa shape index (κ1) is 30.2. The third-order valence-electron chi connectivity index (χ3n) is 4.66. The van der Waals surface area contributed by atoms with Crippen molar-refractivity contribution in [2.24, 2.45) is 10.8 Å². The van der Waals surface area contributed by atoms with Crippen LogP contribution in [-0.4, -0.2) is 56.4 Å². The average Bonchev–Trinajstić information content (AvgIpc) is 2.70. The van der Waals surface area contributed by atoms with Crippen molar-refractivity contribution >= 4 is 94.0 Å². The molecule has 0 aromatic rings. The van der Waals surface area contributed by atoms with Crippen LogP contribution in [0.25, 0.3) is 0 Å². The lowest BCUT2D eigenvalue weighted by Crippen LogP contribution is -2.44. The fourth-order valence-electron chi connectivity index (χ4n) is 2.45. The first-order valence-corrected chi connectivity index (χ1v) is 18.3. The lowest BCUT2D eigenvalue weighted by Gasteiger charge is -2.48. The third-order valence-corrected chi connectivity index (χ3v) is 17.2. The van der Waals surface area contributed by atoms with Gasteiger partial charge in [0.15, 0.2) is 0 Å². The van der Waals surface area contributed by atoms with Crippen LogP contribution in [0.15, 0.2) is 0 Å². The molecule has 2 aliphatic rings. The maximum Gasteiger partial charge on any atom is 0.275 e. The van der Waals surface area contributed by atoms with Crippen molar-refractivity contribution < 1.29 is 18.1 Å². The van der Waals surface area contributed by atoms with Gasteiger partial charge in [0.2, 0.25) is 0 Å². The van der Waals surface area contributed by atoms with Crippen molar-refractivity contribution in [1.82, 2.24) is 8.15 Å². The van der Waals surface area contributed by atoms with Gasteiger partial charge >= 0.3 is 0 Å². The Morgan fingerprint density at radius 3 is 1.16 bits per heavy atom. The number of thiocarbonyl (C=S) groups is 2. The van der Waals surface area contributed by atoms with E-state index < -0.39 is 24.4 Å². The number of hydrogen-bond donors (Lipinski definition) is 0. The average molecular weight is 597 g/mol. The first-order valence-electron chi connectivity index (χ1n) is 10.1. The molecule has 0 radical (unpaired) electrons. The van der Waals surface area contributed by atoms with Crippen LogP contribution in [0.1, 0.15) is 55.4 Å². The second kappa shape index (κ2) is 10.7. The molecular weight excluding hydrogens is 563 g/mol. The lowest BCUT2D eigenvalue weighted by molar-refractivity contribution is 0.0470. The molecule has 0 saturated carbocycles. The lowest BCUT2D eigenvalue weighted by atomic mass is 9.97. The van der Waals surface area contributed by atoms with Crippen LogP contribution in [0.4, 0.5) is 0 Å². The molecule has 2 saturated heterocycles. The Balaban J connectivity index is 2.33. The molecule has 186 valence electrons. The Morgan fingerprint density at radius 2 is 0.938 bits per heavy atom. The molecule has 0 spiro atoms. The Hall–Kier alpha value is 1.94. The van der Waals surface area contributed by atoms with E-state index in [1.54, 1.807) is 10.7 Å².